The van der Waals surface area contributed by atoms with Crippen molar-refractivity contribution >= 4 is 25.5 Å². The van der Waals surface area contributed by atoms with Crippen molar-refractivity contribution in [3.63, 3.8) is 0 Å². The minimum absolute atomic E-state index is 0.0133. The third-order valence-corrected chi connectivity index (χ3v) is 6.53. The SMILES string of the molecule is CCC[C@H]1OC(C)=Cc2cc3c(c(O)c21)C(=O)C([C@@H]1O[C@H](COP(=O)(O)O)[C@@H](O)[C@H]1O)=CC3=O. The third kappa shape index (κ3) is 4.36. The van der Waals surface area contributed by atoms with Gasteiger partial charge in [-0.15, -0.1) is 0 Å². The quantitative estimate of drug-likeness (QED) is 0.360. The van der Waals surface area contributed by atoms with Gasteiger partial charge in [0.05, 0.1) is 17.9 Å². The van der Waals surface area contributed by atoms with Crippen LogP contribution in [-0.4, -0.2) is 67.7 Å². The molecule has 0 saturated carbocycles. The molecule has 1 aromatic rings. The molecule has 5 atom stereocenters. The maximum absolute atomic E-state index is 13.4. The van der Waals surface area contributed by atoms with Crippen LogP contribution in [0.4, 0.5) is 0 Å². The molecule has 0 unspecified atom stereocenters. The van der Waals surface area contributed by atoms with Crippen LogP contribution in [0.15, 0.2) is 23.5 Å². The first-order chi connectivity index (χ1) is 15.9. The van der Waals surface area contributed by atoms with Crippen LogP contribution < -0.4 is 0 Å². The highest BCUT2D eigenvalue weighted by Gasteiger charge is 2.48. The van der Waals surface area contributed by atoms with Crippen molar-refractivity contribution in [1.29, 1.82) is 0 Å². The van der Waals surface area contributed by atoms with E-state index >= 15 is 0 Å². The number of allylic oxidation sites excluding steroid dienone is 2. The zero-order valence-electron chi connectivity index (χ0n) is 18.4. The molecule has 1 aromatic carbocycles. The molecular weight excluding hydrogens is 471 g/mol. The maximum atomic E-state index is 13.4. The lowest BCUT2D eigenvalue weighted by Gasteiger charge is -2.29. The molecule has 0 amide bonds. The molecule has 0 radical (unpaired) electrons. The minimum Gasteiger partial charge on any atom is -0.507 e. The highest BCUT2D eigenvalue weighted by Crippen LogP contribution is 2.45. The van der Waals surface area contributed by atoms with Crippen LogP contribution >= 0.6 is 7.82 Å². The molecular formula is C22H25O11P. The molecule has 34 heavy (non-hydrogen) atoms. The summed E-state index contributed by atoms with van der Waals surface area (Å²) in [6.45, 7) is 2.94. The first kappa shape index (κ1) is 24.7. The van der Waals surface area contributed by atoms with E-state index in [-0.39, 0.29) is 16.7 Å². The van der Waals surface area contributed by atoms with Gasteiger partial charge in [0.25, 0.3) is 0 Å². The summed E-state index contributed by atoms with van der Waals surface area (Å²) in [5, 5.41) is 31.8. The summed E-state index contributed by atoms with van der Waals surface area (Å²) in [5.74, 6) is -1.17. The van der Waals surface area contributed by atoms with Gasteiger partial charge in [0.2, 0.25) is 0 Å². The fourth-order valence-corrected chi connectivity index (χ4v) is 4.88. The Bertz CT molecular complexity index is 1150. The molecule has 1 saturated heterocycles. The number of ketones is 2. The second-order valence-corrected chi connectivity index (χ2v) is 9.70. The lowest BCUT2D eigenvalue weighted by molar-refractivity contribution is -0.0137. The van der Waals surface area contributed by atoms with Crippen LogP contribution in [-0.2, 0) is 18.6 Å². The average Bonchev–Trinajstić information content (AvgIpc) is 3.02. The zero-order valence-corrected chi connectivity index (χ0v) is 19.3. The Morgan fingerprint density at radius 1 is 1.15 bits per heavy atom. The van der Waals surface area contributed by atoms with Crippen LogP contribution in [0.2, 0.25) is 0 Å². The highest BCUT2D eigenvalue weighted by atomic mass is 31.2. The van der Waals surface area contributed by atoms with Gasteiger partial charge in [-0.05, 0) is 37.1 Å². The first-order valence-corrected chi connectivity index (χ1v) is 12.2. The fourth-order valence-electron chi connectivity index (χ4n) is 4.54. The van der Waals surface area contributed by atoms with Gasteiger partial charge in [0.15, 0.2) is 11.6 Å². The normalized spacial score (nSPS) is 28.7. The number of ether oxygens (including phenoxy) is 2. The van der Waals surface area contributed by atoms with E-state index in [4.69, 9.17) is 19.3 Å². The number of phosphoric acid groups is 1. The first-order valence-electron chi connectivity index (χ1n) is 10.7. The monoisotopic (exact) mass is 496 g/mol. The molecule has 2 heterocycles. The number of phosphoric ester groups is 1. The van der Waals surface area contributed by atoms with Crippen LogP contribution in [0.5, 0.6) is 5.75 Å². The van der Waals surface area contributed by atoms with Gasteiger partial charge >= 0.3 is 7.82 Å². The Balaban J connectivity index is 1.70. The summed E-state index contributed by atoms with van der Waals surface area (Å²) in [6.07, 6.45) is -2.75. The number of aliphatic hydroxyl groups is 2. The maximum Gasteiger partial charge on any atom is 0.469 e. The van der Waals surface area contributed by atoms with E-state index in [9.17, 15) is 29.5 Å². The molecule has 0 aromatic heterocycles. The van der Waals surface area contributed by atoms with Gasteiger partial charge in [-0.3, -0.25) is 14.1 Å². The van der Waals surface area contributed by atoms with Gasteiger partial charge in [0, 0.05) is 16.7 Å². The number of hydrogen-bond acceptors (Lipinski definition) is 9. The second-order valence-electron chi connectivity index (χ2n) is 8.46. The van der Waals surface area contributed by atoms with Gasteiger partial charge in [-0.1, -0.05) is 13.3 Å². The van der Waals surface area contributed by atoms with E-state index in [1.54, 1.807) is 13.0 Å². The number of carbonyl (C=O) groups excluding carboxylic acids is 2. The summed E-state index contributed by atoms with van der Waals surface area (Å²) >= 11 is 0. The number of benzene rings is 1. The summed E-state index contributed by atoms with van der Waals surface area (Å²) in [6, 6.07) is 1.52. The van der Waals surface area contributed by atoms with Crippen molar-refractivity contribution in [3.8, 4) is 5.75 Å². The summed E-state index contributed by atoms with van der Waals surface area (Å²) < 4.78 is 26.6. The fraction of sp³-hybridized carbons (Fsp3) is 0.455. The third-order valence-electron chi connectivity index (χ3n) is 6.05. The summed E-state index contributed by atoms with van der Waals surface area (Å²) in [4.78, 5) is 44.1. The van der Waals surface area contributed by atoms with E-state index in [1.165, 1.54) is 6.07 Å². The minimum atomic E-state index is -4.87. The Labute approximate surface area is 194 Å². The number of aromatic hydroxyl groups is 1. The van der Waals surface area contributed by atoms with Gasteiger partial charge in [-0.2, -0.15) is 0 Å². The van der Waals surface area contributed by atoms with E-state index in [1.807, 2.05) is 6.92 Å². The standard InChI is InChI=1S/C22H25O11P/c1-3-4-14-16-10(5-9(2)32-14)6-11-13(23)7-12(18(24)17(11)20(16)26)22-21(27)19(25)15(33-22)8-31-34(28,29)30/h5-7,14-15,19,21-22,25-27H,3-4,8H2,1-2H3,(H2,28,29,30)/t14-,15-,19-,21-,22+/m1/s1. The Kier molecular flexibility index (Phi) is 6.56. The molecule has 0 spiro atoms. The second kappa shape index (κ2) is 9.01. The number of phenols is 1. The van der Waals surface area contributed by atoms with Crippen molar-refractivity contribution in [2.24, 2.45) is 0 Å². The molecule has 5 N–H and O–H groups in total. The molecule has 11 nitrogen and oxygen atoms in total. The molecule has 2 aliphatic heterocycles. The summed E-state index contributed by atoms with van der Waals surface area (Å²) in [5.41, 5.74) is 0.390. The number of hydrogen-bond donors (Lipinski definition) is 5. The average molecular weight is 496 g/mol. The van der Waals surface area contributed by atoms with Crippen molar-refractivity contribution in [1.82, 2.24) is 0 Å². The van der Waals surface area contributed by atoms with Crippen molar-refractivity contribution in [2.45, 2.75) is 57.2 Å². The van der Waals surface area contributed by atoms with E-state index in [0.717, 1.165) is 12.5 Å². The summed E-state index contributed by atoms with van der Waals surface area (Å²) in [7, 11) is -4.87. The van der Waals surface area contributed by atoms with E-state index in [2.05, 4.69) is 4.52 Å². The number of Topliss-reactive ketones (excluding diaryl/α,β-unsaturated/α-hetero) is 1. The molecule has 1 fully saturated rings. The number of carbonyl (C=O) groups is 2. The number of fused-ring (bicyclic) bond motifs is 2. The van der Waals surface area contributed by atoms with Gasteiger partial charge in [0.1, 0.15) is 36.3 Å². The zero-order chi connectivity index (χ0) is 24.9. The van der Waals surface area contributed by atoms with E-state index in [0.29, 0.717) is 23.3 Å². The van der Waals surface area contributed by atoms with Crippen LogP contribution in [0.3, 0.4) is 0 Å². The topological polar surface area (TPSA) is 180 Å². The molecule has 184 valence electrons. The Hall–Kier alpha value is -2.37. The van der Waals surface area contributed by atoms with Crippen molar-refractivity contribution < 1.29 is 53.3 Å². The molecule has 12 heteroatoms. The van der Waals surface area contributed by atoms with E-state index < -0.39 is 62.3 Å². The van der Waals surface area contributed by atoms with Crippen LogP contribution in [0.1, 0.15) is 64.6 Å². The molecule has 0 bridgehead atoms. The van der Waals surface area contributed by atoms with Crippen LogP contribution in [0.25, 0.3) is 6.08 Å². The van der Waals surface area contributed by atoms with Gasteiger partial charge < -0.3 is 34.6 Å². The van der Waals surface area contributed by atoms with Crippen molar-refractivity contribution in [2.75, 3.05) is 6.61 Å². The Morgan fingerprint density at radius 3 is 2.50 bits per heavy atom. The van der Waals surface area contributed by atoms with Crippen LogP contribution in [0, 0.1) is 0 Å². The smallest absolute Gasteiger partial charge is 0.469 e. The largest absolute Gasteiger partial charge is 0.507 e. The Morgan fingerprint density at radius 2 is 1.85 bits per heavy atom. The molecule has 4 rings (SSSR count). The lowest BCUT2D eigenvalue weighted by Crippen LogP contribution is -2.36. The number of aliphatic hydroxyl groups excluding tert-OH is 2. The number of rotatable bonds is 6. The predicted octanol–water partition coefficient (Wildman–Crippen LogP) is 1.53. The molecule has 1 aliphatic carbocycles. The highest BCUT2D eigenvalue weighted by molar-refractivity contribution is 7.46. The molecule has 3 aliphatic rings. The number of phenolic OH excluding ortho intramolecular Hbond substituents is 1. The predicted molar refractivity (Wildman–Crippen MR) is 116 cm³/mol. The van der Waals surface area contributed by atoms with Crippen molar-refractivity contribution in [3.05, 3.63) is 45.7 Å². The lowest BCUT2D eigenvalue weighted by atomic mass is 9.81. The van der Waals surface area contributed by atoms with Gasteiger partial charge in [-0.25, -0.2) is 4.57 Å².